The fourth-order valence-electron chi connectivity index (χ4n) is 3.05. The van der Waals surface area contributed by atoms with Crippen LogP contribution in [-0.4, -0.2) is 39.2 Å². The van der Waals surface area contributed by atoms with Gasteiger partial charge in [-0.25, -0.2) is 8.42 Å². The van der Waals surface area contributed by atoms with Crippen LogP contribution in [0.3, 0.4) is 0 Å². The van der Waals surface area contributed by atoms with E-state index in [0.717, 1.165) is 40.1 Å². The summed E-state index contributed by atoms with van der Waals surface area (Å²) in [6, 6.07) is 1.86. The van der Waals surface area contributed by atoms with Gasteiger partial charge >= 0.3 is 0 Å². The van der Waals surface area contributed by atoms with Crippen molar-refractivity contribution in [3.63, 3.8) is 0 Å². The second-order valence-corrected chi connectivity index (χ2v) is 12.8. The Hall–Kier alpha value is -2.15. The van der Waals surface area contributed by atoms with Crippen molar-refractivity contribution in [2.45, 2.75) is 64.3 Å². The van der Waals surface area contributed by atoms with Gasteiger partial charge in [-0.3, -0.25) is 0 Å². The Labute approximate surface area is 203 Å². The lowest BCUT2D eigenvalue weighted by Gasteiger charge is -2.30. The fourth-order valence-corrected chi connectivity index (χ4v) is 6.43. The summed E-state index contributed by atoms with van der Waals surface area (Å²) in [5, 5.41) is 18.7. The van der Waals surface area contributed by atoms with E-state index in [0.29, 0.717) is 11.6 Å². The summed E-state index contributed by atoms with van der Waals surface area (Å²) in [6.07, 6.45) is 0. The van der Waals surface area contributed by atoms with Gasteiger partial charge in [0.25, 0.3) is 10.0 Å². The predicted molar refractivity (Wildman–Crippen MR) is 133 cm³/mol. The molecule has 3 rings (SSSR count). The first-order valence-electron chi connectivity index (χ1n) is 10.5. The first kappa shape index (κ1) is 25.5. The number of rotatable bonds is 8. The summed E-state index contributed by atoms with van der Waals surface area (Å²) in [4.78, 5) is 0. The minimum atomic E-state index is -3.86. The van der Waals surface area contributed by atoms with E-state index in [4.69, 9.17) is 4.42 Å². The van der Waals surface area contributed by atoms with Gasteiger partial charge in [0, 0.05) is 18.0 Å². The highest BCUT2D eigenvalue weighted by Gasteiger charge is 2.34. The average molecular weight is 514 g/mol. The average Bonchev–Trinajstić information content (AvgIpc) is 3.39. The van der Waals surface area contributed by atoms with Crippen molar-refractivity contribution in [3.05, 3.63) is 28.5 Å². The van der Waals surface area contributed by atoms with Crippen molar-refractivity contribution in [1.82, 2.24) is 13.1 Å². The molecule has 0 saturated heterocycles. The SMILES string of the molecule is Cc1cc([C@H](Nc2nsnc2Nc2csc(S(=O)(=O)N(C)C(C)(C)C)c2O)C(C)C)oc1C. The van der Waals surface area contributed by atoms with Crippen molar-refractivity contribution in [2.24, 2.45) is 5.92 Å². The Bertz CT molecular complexity index is 1200. The number of hydrogen-bond acceptors (Lipinski definition) is 10. The van der Waals surface area contributed by atoms with E-state index < -0.39 is 15.6 Å². The summed E-state index contributed by atoms with van der Waals surface area (Å²) in [7, 11) is -2.37. The molecule has 0 aliphatic carbocycles. The summed E-state index contributed by atoms with van der Waals surface area (Å²) in [5.41, 5.74) is 0.694. The lowest BCUT2D eigenvalue weighted by atomic mass is 10.0. The molecule has 182 valence electrons. The van der Waals surface area contributed by atoms with Gasteiger partial charge in [-0.05, 0) is 52.2 Å². The van der Waals surface area contributed by atoms with Crippen LogP contribution in [-0.2, 0) is 10.0 Å². The minimum absolute atomic E-state index is 0.123. The van der Waals surface area contributed by atoms with E-state index in [2.05, 4.69) is 33.2 Å². The molecule has 0 saturated carbocycles. The van der Waals surface area contributed by atoms with Crippen molar-refractivity contribution in [2.75, 3.05) is 17.7 Å². The monoisotopic (exact) mass is 513 g/mol. The van der Waals surface area contributed by atoms with E-state index in [1.54, 1.807) is 26.2 Å². The topological polar surface area (TPSA) is 121 Å². The van der Waals surface area contributed by atoms with Gasteiger partial charge in [0.05, 0.1) is 23.5 Å². The molecule has 0 unspecified atom stereocenters. The van der Waals surface area contributed by atoms with Gasteiger partial charge in [-0.2, -0.15) is 13.1 Å². The summed E-state index contributed by atoms with van der Waals surface area (Å²) in [6.45, 7) is 13.5. The third kappa shape index (κ3) is 5.18. The zero-order chi connectivity index (χ0) is 24.7. The van der Waals surface area contributed by atoms with Crippen molar-refractivity contribution < 1.29 is 17.9 Å². The highest BCUT2D eigenvalue weighted by atomic mass is 32.2. The Kier molecular flexibility index (Phi) is 7.13. The fraction of sp³-hybridized carbons (Fsp3) is 0.524. The molecule has 9 nitrogen and oxygen atoms in total. The van der Waals surface area contributed by atoms with Crippen LogP contribution in [0.25, 0.3) is 0 Å². The molecule has 3 aromatic rings. The molecule has 3 N–H and O–H groups in total. The molecular weight excluding hydrogens is 482 g/mol. The van der Waals surface area contributed by atoms with Crippen LogP contribution >= 0.6 is 23.1 Å². The molecule has 0 radical (unpaired) electrons. The van der Waals surface area contributed by atoms with E-state index in [9.17, 15) is 13.5 Å². The summed E-state index contributed by atoms with van der Waals surface area (Å²) >= 11 is 1.96. The number of aromatic nitrogens is 2. The Morgan fingerprint density at radius 3 is 2.36 bits per heavy atom. The van der Waals surface area contributed by atoms with Crippen LogP contribution in [0.1, 0.15) is 57.7 Å². The number of nitrogens with zero attached hydrogens (tertiary/aromatic N) is 3. The minimum Gasteiger partial charge on any atom is -0.504 e. The van der Waals surface area contributed by atoms with Crippen molar-refractivity contribution in [3.8, 4) is 5.75 Å². The summed E-state index contributed by atoms with van der Waals surface area (Å²) in [5.74, 6) is 2.41. The van der Waals surface area contributed by atoms with Crippen LogP contribution in [0.15, 0.2) is 20.1 Å². The molecule has 0 fully saturated rings. The highest BCUT2D eigenvalue weighted by molar-refractivity contribution is 7.91. The van der Waals surface area contributed by atoms with Crippen LogP contribution in [0.4, 0.5) is 17.3 Å². The largest absolute Gasteiger partial charge is 0.504 e. The standard InChI is InChI=1S/C21H31N5O4S3/c1-11(2)16(15-9-12(3)13(4)30-15)23-19-18(24-32-25-19)22-14-10-31-20(17(14)27)33(28,29)26(8)21(5,6)7/h9-11,16,27H,1-8H3,(H,22,24)(H,23,25)/t16-/m1/s1. The maximum Gasteiger partial charge on any atom is 0.256 e. The molecule has 0 bridgehead atoms. The van der Waals surface area contributed by atoms with E-state index in [-0.39, 0.29) is 27.6 Å². The molecular formula is C21H31N5O4S3. The first-order chi connectivity index (χ1) is 15.2. The Morgan fingerprint density at radius 2 is 1.82 bits per heavy atom. The smallest absolute Gasteiger partial charge is 0.256 e. The number of hydrogen-bond donors (Lipinski definition) is 3. The van der Waals surface area contributed by atoms with Crippen LogP contribution in [0.2, 0.25) is 0 Å². The van der Waals surface area contributed by atoms with Gasteiger partial charge in [-0.1, -0.05) is 13.8 Å². The zero-order valence-electron chi connectivity index (χ0n) is 20.0. The van der Waals surface area contributed by atoms with Gasteiger partial charge < -0.3 is 20.2 Å². The molecule has 0 aliphatic rings. The Balaban J connectivity index is 1.87. The predicted octanol–water partition coefficient (Wildman–Crippen LogP) is 5.49. The van der Waals surface area contributed by atoms with Crippen LogP contribution < -0.4 is 10.6 Å². The third-order valence-corrected chi connectivity index (χ3v) is 9.60. The summed E-state index contributed by atoms with van der Waals surface area (Å²) < 4.78 is 41.6. The van der Waals surface area contributed by atoms with E-state index in [1.165, 1.54) is 11.4 Å². The molecule has 0 spiro atoms. The van der Waals surface area contributed by atoms with Crippen LogP contribution in [0, 0.1) is 19.8 Å². The second-order valence-electron chi connectivity index (χ2n) is 9.27. The number of anilines is 3. The molecule has 1 atom stereocenters. The molecule has 3 heterocycles. The van der Waals surface area contributed by atoms with E-state index >= 15 is 0 Å². The molecule has 0 amide bonds. The molecule has 3 aromatic heterocycles. The second kappa shape index (κ2) is 9.24. The number of thiophene rings is 1. The first-order valence-corrected chi connectivity index (χ1v) is 13.5. The maximum atomic E-state index is 13.0. The zero-order valence-corrected chi connectivity index (χ0v) is 22.5. The van der Waals surface area contributed by atoms with Gasteiger partial charge in [0.2, 0.25) is 0 Å². The number of furan rings is 1. The lowest BCUT2D eigenvalue weighted by Crippen LogP contribution is -2.42. The number of aryl methyl sites for hydroxylation is 2. The van der Waals surface area contributed by atoms with Crippen molar-refractivity contribution >= 4 is 50.4 Å². The van der Waals surface area contributed by atoms with Gasteiger partial charge in [-0.15, -0.1) is 11.3 Å². The van der Waals surface area contributed by atoms with Gasteiger partial charge in [0.1, 0.15) is 11.5 Å². The maximum absolute atomic E-state index is 13.0. The highest BCUT2D eigenvalue weighted by Crippen LogP contribution is 2.42. The molecule has 0 aromatic carbocycles. The number of nitrogens with one attached hydrogen (secondary N) is 2. The molecule has 0 aliphatic heterocycles. The number of aromatic hydroxyl groups is 1. The quantitative estimate of drug-likeness (QED) is 0.362. The van der Waals surface area contributed by atoms with Gasteiger partial charge in [0.15, 0.2) is 21.6 Å². The Morgan fingerprint density at radius 1 is 1.18 bits per heavy atom. The van der Waals surface area contributed by atoms with Crippen LogP contribution in [0.5, 0.6) is 5.75 Å². The van der Waals surface area contributed by atoms with Crippen molar-refractivity contribution in [1.29, 1.82) is 0 Å². The third-order valence-electron chi connectivity index (χ3n) is 5.46. The van der Waals surface area contributed by atoms with E-state index in [1.807, 2.05) is 19.9 Å². The number of sulfonamides is 1. The molecule has 12 heteroatoms. The molecule has 33 heavy (non-hydrogen) atoms. The normalized spacial score (nSPS) is 13.6. The lowest BCUT2D eigenvalue weighted by molar-refractivity contribution is 0.291.